The highest BCUT2D eigenvalue weighted by atomic mass is 35.5. The van der Waals surface area contributed by atoms with Gasteiger partial charge in [0.25, 0.3) is 0 Å². The molecule has 0 spiro atoms. The second kappa shape index (κ2) is 6.76. The van der Waals surface area contributed by atoms with Gasteiger partial charge < -0.3 is 4.42 Å². The SMILES string of the molecule is Clc1ccc(-c2ccc(-c3ccccc3)cc2)c2c1oc1cc3ccccc3cc12. The summed E-state index contributed by atoms with van der Waals surface area (Å²) in [5.74, 6) is 0. The minimum Gasteiger partial charge on any atom is -0.454 e. The van der Waals surface area contributed by atoms with Crippen LogP contribution < -0.4 is 0 Å². The first kappa shape index (κ1) is 17.3. The van der Waals surface area contributed by atoms with E-state index >= 15 is 0 Å². The van der Waals surface area contributed by atoms with Crippen molar-refractivity contribution in [1.29, 1.82) is 0 Å². The van der Waals surface area contributed by atoms with E-state index in [9.17, 15) is 0 Å². The molecule has 30 heavy (non-hydrogen) atoms. The van der Waals surface area contributed by atoms with Crippen LogP contribution in [-0.2, 0) is 0 Å². The highest BCUT2D eigenvalue weighted by Gasteiger charge is 2.16. The fourth-order valence-electron chi connectivity index (χ4n) is 4.25. The van der Waals surface area contributed by atoms with Crippen molar-refractivity contribution in [1.82, 2.24) is 0 Å². The van der Waals surface area contributed by atoms with Crippen LogP contribution in [0.5, 0.6) is 0 Å². The second-order valence-electron chi connectivity index (χ2n) is 7.54. The highest BCUT2D eigenvalue weighted by molar-refractivity contribution is 6.36. The van der Waals surface area contributed by atoms with Gasteiger partial charge in [0, 0.05) is 10.8 Å². The van der Waals surface area contributed by atoms with Crippen LogP contribution in [0.2, 0.25) is 5.02 Å². The van der Waals surface area contributed by atoms with Crippen LogP contribution in [0.25, 0.3) is 55.0 Å². The van der Waals surface area contributed by atoms with Gasteiger partial charge in [-0.1, -0.05) is 96.5 Å². The third-order valence-corrected chi connectivity index (χ3v) is 6.04. The van der Waals surface area contributed by atoms with Gasteiger partial charge in [-0.25, -0.2) is 0 Å². The Morgan fingerprint density at radius 1 is 0.567 bits per heavy atom. The standard InChI is InChI=1S/C28H17ClO/c29-25-15-14-23(20-12-10-19(11-13-20)18-6-2-1-3-7-18)27-24-16-21-8-4-5-9-22(21)17-26(24)30-28(25)27/h1-17H. The molecule has 5 aromatic carbocycles. The van der Waals surface area contributed by atoms with E-state index in [0.29, 0.717) is 5.02 Å². The lowest BCUT2D eigenvalue weighted by molar-refractivity contribution is 0.669. The Bertz CT molecular complexity index is 1530. The van der Waals surface area contributed by atoms with Crippen molar-refractivity contribution in [3.63, 3.8) is 0 Å². The third kappa shape index (κ3) is 2.71. The predicted octanol–water partition coefficient (Wildman–Crippen LogP) is 8.73. The minimum absolute atomic E-state index is 0.634. The third-order valence-electron chi connectivity index (χ3n) is 5.74. The van der Waals surface area contributed by atoms with Gasteiger partial charge in [0.1, 0.15) is 5.58 Å². The Morgan fingerprint density at radius 2 is 1.20 bits per heavy atom. The Hall–Kier alpha value is -3.55. The molecule has 2 heteroatoms. The number of halogens is 1. The van der Waals surface area contributed by atoms with E-state index in [0.717, 1.165) is 38.5 Å². The summed E-state index contributed by atoms with van der Waals surface area (Å²) < 4.78 is 6.21. The summed E-state index contributed by atoms with van der Waals surface area (Å²) in [5, 5.41) is 5.14. The van der Waals surface area contributed by atoms with E-state index in [-0.39, 0.29) is 0 Å². The van der Waals surface area contributed by atoms with Gasteiger partial charge in [0.05, 0.1) is 5.02 Å². The van der Waals surface area contributed by atoms with Crippen molar-refractivity contribution in [3.8, 4) is 22.3 Å². The van der Waals surface area contributed by atoms with Gasteiger partial charge in [0.15, 0.2) is 5.58 Å². The lowest BCUT2D eigenvalue weighted by atomic mass is 9.96. The normalized spacial score (nSPS) is 11.5. The number of fused-ring (bicyclic) bond motifs is 4. The van der Waals surface area contributed by atoms with Crippen molar-refractivity contribution in [3.05, 3.63) is 108 Å². The maximum Gasteiger partial charge on any atom is 0.154 e. The molecular weight excluding hydrogens is 388 g/mol. The van der Waals surface area contributed by atoms with Gasteiger partial charge in [-0.15, -0.1) is 0 Å². The fourth-order valence-corrected chi connectivity index (χ4v) is 4.44. The molecule has 0 bridgehead atoms. The molecule has 0 aliphatic rings. The molecule has 0 saturated heterocycles. The summed E-state index contributed by atoms with van der Waals surface area (Å²) >= 11 is 6.53. The Labute approximate surface area is 179 Å². The molecule has 1 aromatic heterocycles. The maximum atomic E-state index is 6.53. The Balaban J connectivity index is 1.59. The summed E-state index contributed by atoms with van der Waals surface area (Å²) in [6.45, 7) is 0. The molecule has 1 nitrogen and oxygen atoms in total. The molecule has 0 aliphatic carbocycles. The zero-order valence-corrected chi connectivity index (χ0v) is 16.9. The second-order valence-corrected chi connectivity index (χ2v) is 7.95. The molecule has 0 unspecified atom stereocenters. The van der Waals surface area contributed by atoms with Gasteiger partial charge in [-0.2, -0.15) is 0 Å². The zero-order valence-electron chi connectivity index (χ0n) is 16.1. The smallest absolute Gasteiger partial charge is 0.154 e. The largest absolute Gasteiger partial charge is 0.454 e. The fraction of sp³-hybridized carbons (Fsp3) is 0. The number of rotatable bonds is 2. The van der Waals surface area contributed by atoms with Crippen LogP contribution in [0.1, 0.15) is 0 Å². The van der Waals surface area contributed by atoms with E-state index in [4.69, 9.17) is 16.0 Å². The van der Waals surface area contributed by atoms with Crippen molar-refractivity contribution in [2.24, 2.45) is 0 Å². The van der Waals surface area contributed by atoms with Crippen LogP contribution in [-0.4, -0.2) is 0 Å². The molecule has 0 radical (unpaired) electrons. The summed E-state index contributed by atoms with van der Waals surface area (Å²) in [4.78, 5) is 0. The molecule has 0 aliphatic heterocycles. The predicted molar refractivity (Wildman–Crippen MR) is 127 cm³/mol. The van der Waals surface area contributed by atoms with Gasteiger partial charge >= 0.3 is 0 Å². The molecule has 0 amide bonds. The average Bonchev–Trinajstić information content (AvgIpc) is 3.18. The van der Waals surface area contributed by atoms with Crippen LogP contribution in [0, 0.1) is 0 Å². The number of hydrogen-bond donors (Lipinski definition) is 0. The molecular formula is C28H17ClO. The van der Waals surface area contributed by atoms with E-state index in [1.54, 1.807) is 0 Å². The van der Waals surface area contributed by atoms with Crippen molar-refractivity contribution >= 4 is 44.3 Å². The van der Waals surface area contributed by atoms with Crippen LogP contribution in [0.3, 0.4) is 0 Å². The molecule has 0 N–H and O–H groups in total. The number of benzene rings is 5. The molecule has 0 atom stereocenters. The van der Waals surface area contributed by atoms with E-state index in [1.807, 2.05) is 18.2 Å². The lowest BCUT2D eigenvalue weighted by Gasteiger charge is -2.07. The van der Waals surface area contributed by atoms with Crippen molar-refractivity contribution in [2.45, 2.75) is 0 Å². The molecule has 1 heterocycles. The van der Waals surface area contributed by atoms with E-state index in [2.05, 4.69) is 84.9 Å². The summed E-state index contributed by atoms with van der Waals surface area (Å²) in [6.07, 6.45) is 0. The number of hydrogen-bond acceptors (Lipinski definition) is 1. The van der Waals surface area contributed by atoms with Crippen LogP contribution in [0.15, 0.2) is 108 Å². The van der Waals surface area contributed by atoms with E-state index < -0.39 is 0 Å². The zero-order chi connectivity index (χ0) is 20.1. The molecule has 142 valence electrons. The summed E-state index contributed by atoms with van der Waals surface area (Å²) in [7, 11) is 0. The summed E-state index contributed by atoms with van der Waals surface area (Å²) in [6, 6.07) is 35.8. The van der Waals surface area contributed by atoms with Crippen molar-refractivity contribution < 1.29 is 4.42 Å². The topological polar surface area (TPSA) is 13.1 Å². The highest BCUT2D eigenvalue weighted by Crippen LogP contribution is 2.41. The average molecular weight is 405 g/mol. The monoisotopic (exact) mass is 404 g/mol. The van der Waals surface area contributed by atoms with Gasteiger partial charge in [0.2, 0.25) is 0 Å². The molecule has 6 aromatic rings. The van der Waals surface area contributed by atoms with Crippen molar-refractivity contribution in [2.75, 3.05) is 0 Å². The first-order valence-electron chi connectivity index (χ1n) is 9.97. The quantitative estimate of drug-likeness (QED) is 0.281. The van der Waals surface area contributed by atoms with Gasteiger partial charge in [-0.3, -0.25) is 0 Å². The first-order chi connectivity index (χ1) is 14.8. The first-order valence-corrected chi connectivity index (χ1v) is 10.3. The van der Waals surface area contributed by atoms with Crippen LogP contribution >= 0.6 is 11.6 Å². The van der Waals surface area contributed by atoms with Crippen LogP contribution in [0.4, 0.5) is 0 Å². The van der Waals surface area contributed by atoms with E-state index in [1.165, 1.54) is 16.5 Å². The van der Waals surface area contributed by atoms with Gasteiger partial charge in [-0.05, 0) is 51.2 Å². The molecule has 0 fully saturated rings. The maximum absolute atomic E-state index is 6.53. The Morgan fingerprint density at radius 3 is 1.97 bits per heavy atom. The summed E-state index contributed by atoms with van der Waals surface area (Å²) in [5.41, 5.74) is 6.29. The molecule has 0 saturated carbocycles. The Kier molecular flexibility index (Phi) is 3.90. The lowest BCUT2D eigenvalue weighted by Crippen LogP contribution is -1.82. The number of furan rings is 1. The molecule has 6 rings (SSSR count). The minimum atomic E-state index is 0.634.